The van der Waals surface area contributed by atoms with Gasteiger partial charge in [-0.15, -0.1) is 10.2 Å². The second-order valence-corrected chi connectivity index (χ2v) is 6.18. The van der Waals surface area contributed by atoms with E-state index in [1.54, 1.807) is 11.8 Å². The molecule has 0 saturated heterocycles. The molecule has 0 amide bonds. The van der Waals surface area contributed by atoms with Crippen LogP contribution < -0.4 is 0 Å². The molecule has 3 heterocycles. The highest BCUT2D eigenvalue weighted by molar-refractivity contribution is 7.98. The first-order chi connectivity index (χ1) is 9.74. The Hall–Kier alpha value is -1.47. The molecular formula is C13H14N4OS2. The first-order valence-electron chi connectivity index (χ1n) is 6.13. The minimum absolute atomic E-state index is 0.599. The van der Waals surface area contributed by atoms with Crippen molar-refractivity contribution in [3.05, 3.63) is 41.7 Å². The third kappa shape index (κ3) is 2.99. The predicted molar refractivity (Wildman–Crippen MR) is 81.0 cm³/mol. The number of fused-ring (bicyclic) bond motifs is 1. The van der Waals surface area contributed by atoms with Crippen LogP contribution >= 0.6 is 23.5 Å². The maximum Gasteiger partial charge on any atom is 0.276 e. The summed E-state index contributed by atoms with van der Waals surface area (Å²) in [7, 11) is 0. The number of aromatic nitrogens is 4. The monoisotopic (exact) mass is 306 g/mol. The van der Waals surface area contributed by atoms with Crippen molar-refractivity contribution in [2.24, 2.45) is 0 Å². The third-order valence-corrected chi connectivity index (χ3v) is 4.10. The van der Waals surface area contributed by atoms with Gasteiger partial charge in [-0.25, -0.2) is 4.98 Å². The van der Waals surface area contributed by atoms with Crippen molar-refractivity contribution in [2.75, 3.05) is 6.26 Å². The Labute approximate surface area is 125 Å². The summed E-state index contributed by atoms with van der Waals surface area (Å²) in [5, 5.41) is 8.60. The van der Waals surface area contributed by atoms with Gasteiger partial charge < -0.3 is 8.82 Å². The van der Waals surface area contributed by atoms with Gasteiger partial charge in [0.05, 0.1) is 11.4 Å². The van der Waals surface area contributed by atoms with Crippen molar-refractivity contribution >= 4 is 29.2 Å². The van der Waals surface area contributed by atoms with E-state index in [1.807, 2.05) is 22.9 Å². The molecule has 0 aliphatic rings. The van der Waals surface area contributed by atoms with E-state index in [0.717, 1.165) is 22.8 Å². The van der Waals surface area contributed by atoms with E-state index in [1.165, 1.54) is 17.3 Å². The quantitative estimate of drug-likeness (QED) is 0.675. The van der Waals surface area contributed by atoms with Gasteiger partial charge in [0.1, 0.15) is 5.65 Å². The van der Waals surface area contributed by atoms with Crippen molar-refractivity contribution in [3.8, 4) is 0 Å². The highest BCUT2D eigenvalue weighted by Gasteiger charge is 2.08. The predicted octanol–water partition coefficient (Wildman–Crippen LogP) is 3.18. The lowest BCUT2D eigenvalue weighted by Gasteiger charge is -1.93. The summed E-state index contributed by atoms with van der Waals surface area (Å²) < 4.78 is 7.56. The average molecular weight is 306 g/mol. The summed E-state index contributed by atoms with van der Waals surface area (Å²) >= 11 is 3.18. The molecule has 0 radical (unpaired) electrons. The number of aryl methyl sites for hydroxylation is 1. The van der Waals surface area contributed by atoms with Crippen LogP contribution in [0.1, 0.15) is 17.1 Å². The SMILES string of the molecule is CSCc1nnc(SCc2cn3cc(C)ccc3n2)o1. The number of pyridine rings is 1. The number of imidazole rings is 1. The fraction of sp³-hybridized carbons (Fsp3) is 0.308. The highest BCUT2D eigenvalue weighted by atomic mass is 32.2. The van der Waals surface area contributed by atoms with Gasteiger partial charge in [-0.2, -0.15) is 11.8 Å². The Morgan fingerprint density at radius 1 is 1.20 bits per heavy atom. The van der Waals surface area contributed by atoms with Gasteiger partial charge in [-0.05, 0) is 24.8 Å². The van der Waals surface area contributed by atoms with E-state index in [-0.39, 0.29) is 0 Å². The van der Waals surface area contributed by atoms with Crippen LogP contribution in [0.3, 0.4) is 0 Å². The van der Waals surface area contributed by atoms with Crippen LogP contribution in [0, 0.1) is 6.92 Å². The zero-order valence-corrected chi connectivity index (χ0v) is 12.9. The lowest BCUT2D eigenvalue weighted by molar-refractivity contribution is 0.426. The molecule has 0 spiro atoms. The molecule has 0 aromatic carbocycles. The molecule has 0 aliphatic carbocycles. The summed E-state index contributed by atoms with van der Waals surface area (Å²) in [5.74, 6) is 2.15. The fourth-order valence-corrected chi connectivity index (χ4v) is 2.87. The largest absolute Gasteiger partial charge is 0.415 e. The maximum atomic E-state index is 5.52. The Morgan fingerprint density at radius 2 is 2.10 bits per heavy atom. The van der Waals surface area contributed by atoms with Gasteiger partial charge in [0.25, 0.3) is 5.22 Å². The van der Waals surface area contributed by atoms with Gasteiger partial charge in [0.15, 0.2) is 0 Å². The molecule has 5 nitrogen and oxygen atoms in total. The van der Waals surface area contributed by atoms with Crippen molar-refractivity contribution in [3.63, 3.8) is 0 Å². The topological polar surface area (TPSA) is 56.2 Å². The minimum Gasteiger partial charge on any atom is -0.415 e. The minimum atomic E-state index is 0.599. The van der Waals surface area contributed by atoms with Gasteiger partial charge >= 0.3 is 0 Å². The van der Waals surface area contributed by atoms with E-state index in [9.17, 15) is 0 Å². The molecule has 0 atom stereocenters. The molecule has 0 unspecified atom stereocenters. The molecule has 3 aromatic heterocycles. The van der Waals surface area contributed by atoms with Gasteiger partial charge in [-0.1, -0.05) is 17.8 Å². The average Bonchev–Trinajstić information content (AvgIpc) is 3.02. The van der Waals surface area contributed by atoms with E-state index in [4.69, 9.17) is 4.42 Å². The van der Waals surface area contributed by atoms with Crippen LogP contribution in [-0.4, -0.2) is 25.8 Å². The first-order valence-corrected chi connectivity index (χ1v) is 8.51. The van der Waals surface area contributed by atoms with Crippen molar-refractivity contribution in [1.82, 2.24) is 19.6 Å². The molecule has 104 valence electrons. The van der Waals surface area contributed by atoms with E-state index >= 15 is 0 Å². The normalized spacial score (nSPS) is 11.3. The van der Waals surface area contributed by atoms with Crippen LogP contribution in [-0.2, 0) is 11.5 Å². The van der Waals surface area contributed by atoms with E-state index < -0.39 is 0 Å². The lowest BCUT2D eigenvalue weighted by atomic mass is 10.3. The van der Waals surface area contributed by atoms with Gasteiger partial charge in [0.2, 0.25) is 5.89 Å². The van der Waals surface area contributed by atoms with Crippen molar-refractivity contribution in [2.45, 2.75) is 23.7 Å². The summed E-state index contributed by atoms with van der Waals surface area (Å²) in [6, 6.07) is 4.08. The van der Waals surface area contributed by atoms with Crippen molar-refractivity contribution in [1.29, 1.82) is 0 Å². The fourth-order valence-electron chi connectivity index (χ4n) is 1.84. The van der Waals surface area contributed by atoms with Crippen LogP contribution in [0.15, 0.2) is 34.2 Å². The zero-order valence-electron chi connectivity index (χ0n) is 11.2. The zero-order chi connectivity index (χ0) is 13.9. The number of hydrogen-bond donors (Lipinski definition) is 0. The molecule has 0 fully saturated rings. The summed E-state index contributed by atoms with van der Waals surface area (Å²) in [6.45, 7) is 2.07. The standard InChI is InChI=1S/C13H14N4OS2/c1-9-3-4-11-14-10(6-17(11)5-9)7-20-13-16-15-12(18-13)8-19-2/h3-6H,7-8H2,1-2H3. The Kier molecular flexibility index (Phi) is 3.98. The Balaban J connectivity index is 1.69. The number of thioether (sulfide) groups is 2. The van der Waals surface area contributed by atoms with Crippen LogP contribution in [0.5, 0.6) is 0 Å². The highest BCUT2D eigenvalue weighted by Crippen LogP contribution is 2.22. The Morgan fingerprint density at radius 3 is 2.95 bits per heavy atom. The molecule has 0 saturated carbocycles. The van der Waals surface area contributed by atoms with Crippen LogP contribution in [0.25, 0.3) is 5.65 Å². The van der Waals surface area contributed by atoms with E-state index in [0.29, 0.717) is 11.1 Å². The third-order valence-electron chi connectivity index (χ3n) is 2.71. The van der Waals surface area contributed by atoms with Crippen LogP contribution in [0.4, 0.5) is 0 Å². The Bertz CT molecular complexity index is 722. The number of nitrogens with zero attached hydrogens (tertiary/aromatic N) is 4. The van der Waals surface area contributed by atoms with Gasteiger partial charge in [0, 0.05) is 18.1 Å². The van der Waals surface area contributed by atoms with Crippen LogP contribution in [0.2, 0.25) is 0 Å². The second kappa shape index (κ2) is 5.88. The maximum absolute atomic E-state index is 5.52. The van der Waals surface area contributed by atoms with Crippen molar-refractivity contribution < 1.29 is 4.42 Å². The summed E-state index contributed by atoms with van der Waals surface area (Å²) in [4.78, 5) is 4.56. The van der Waals surface area contributed by atoms with E-state index in [2.05, 4.69) is 34.4 Å². The molecule has 3 aromatic rings. The molecule has 20 heavy (non-hydrogen) atoms. The molecule has 0 N–H and O–H groups in total. The first kappa shape index (κ1) is 13.5. The lowest BCUT2D eigenvalue weighted by Crippen LogP contribution is -1.82. The second-order valence-electron chi connectivity index (χ2n) is 4.39. The van der Waals surface area contributed by atoms with Gasteiger partial charge in [-0.3, -0.25) is 0 Å². The summed E-state index contributed by atoms with van der Waals surface area (Å²) in [5.41, 5.74) is 3.18. The molecule has 7 heteroatoms. The smallest absolute Gasteiger partial charge is 0.276 e. The number of rotatable bonds is 5. The molecular weight excluding hydrogens is 292 g/mol. The number of hydrogen-bond acceptors (Lipinski definition) is 6. The summed E-state index contributed by atoms with van der Waals surface area (Å²) in [6.07, 6.45) is 6.12. The molecule has 0 aliphatic heterocycles. The molecule has 3 rings (SSSR count). The molecule has 0 bridgehead atoms.